The van der Waals surface area contributed by atoms with Gasteiger partial charge in [0.25, 0.3) is 11.3 Å². The molecule has 1 saturated carbocycles. The summed E-state index contributed by atoms with van der Waals surface area (Å²) in [6, 6.07) is 10.1. The lowest BCUT2D eigenvalue weighted by atomic mass is 9.93. The number of carbonyl (C=O) groups is 1. The summed E-state index contributed by atoms with van der Waals surface area (Å²) in [6.45, 7) is 0.472. The first-order valence-corrected chi connectivity index (χ1v) is 8.68. The molecule has 0 aliphatic heterocycles. The van der Waals surface area contributed by atoms with E-state index < -0.39 is 17.1 Å². The molecule has 1 aromatic carbocycles. The zero-order chi connectivity index (χ0) is 19.0. The van der Waals surface area contributed by atoms with Gasteiger partial charge in [0.2, 0.25) is 0 Å². The van der Waals surface area contributed by atoms with Crippen LogP contribution < -0.4 is 10.7 Å². The first-order valence-electron chi connectivity index (χ1n) is 8.68. The molecule has 7 heteroatoms. The zero-order valence-corrected chi connectivity index (χ0v) is 14.8. The molecule has 1 aliphatic carbocycles. The van der Waals surface area contributed by atoms with Crippen LogP contribution in [-0.2, 0) is 12.0 Å². The fourth-order valence-corrected chi connectivity index (χ4v) is 3.33. The summed E-state index contributed by atoms with van der Waals surface area (Å²) in [5.41, 5.74) is 2.03. The summed E-state index contributed by atoms with van der Waals surface area (Å²) in [5.74, 6) is -1.09. The summed E-state index contributed by atoms with van der Waals surface area (Å²) in [4.78, 5) is 23.8. The van der Waals surface area contributed by atoms with Crippen molar-refractivity contribution in [2.75, 3.05) is 7.05 Å². The molecule has 0 atom stereocenters. The maximum absolute atomic E-state index is 12.0. The number of amides is 1. The van der Waals surface area contributed by atoms with Crippen LogP contribution in [0.1, 0.15) is 28.9 Å². The number of furan rings is 1. The van der Waals surface area contributed by atoms with Crippen molar-refractivity contribution in [1.82, 2.24) is 15.1 Å². The van der Waals surface area contributed by atoms with Crippen molar-refractivity contribution >= 4 is 5.91 Å². The number of benzene rings is 1. The van der Waals surface area contributed by atoms with E-state index in [2.05, 4.69) is 22.5 Å². The highest BCUT2D eigenvalue weighted by atomic mass is 16.3. The minimum atomic E-state index is -0.766. The summed E-state index contributed by atoms with van der Waals surface area (Å²) in [6.07, 6.45) is 6.56. The van der Waals surface area contributed by atoms with Gasteiger partial charge in [-0.05, 0) is 30.0 Å². The Hall–Kier alpha value is -3.35. The van der Waals surface area contributed by atoms with E-state index in [-0.39, 0.29) is 11.1 Å². The van der Waals surface area contributed by atoms with Crippen molar-refractivity contribution in [3.63, 3.8) is 0 Å². The van der Waals surface area contributed by atoms with Gasteiger partial charge in [0.15, 0.2) is 11.4 Å². The molecule has 2 aromatic heterocycles. The number of hydrogen-bond acceptors (Lipinski definition) is 5. The van der Waals surface area contributed by atoms with Gasteiger partial charge in [0, 0.05) is 18.0 Å². The third-order valence-corrected chi connectivity index (χ3v) is 5.04. The van der Waals surface area contributed by atoms with Crippen molar-refractivity contribution in [3.8, 4) is 16.9 Å². The van der Waals surface area contributed by atoms with Crippen molar-refractivity contribution < 1.29 is 14.3 Å². The lowest BCUT2D eigenvalue weighted by Gasteiger charge is -2.18. The predicted octanol–water partition coefficient (Wildman–Crippen LogP) is 2.30. The van der Waals surface area contributed by atoms with Crippen molar-refractivity contribution in [2.24, 2.45) is 0 Å². The Morgan fingerprint density at radius 3 is 2.81 bits per heavy atom. The number of aromatic nitrogens is 2. The van der Waals surface area contributed by atoms with E-state index >= 15 is 0 Å². The summed E-state index contributed by atoms with van der Waals surface area (Å²) < 4.78 is 6.65. The third kappa shape index (κ3) is 3.12. The van der Waals surface area contributed by atoms with Crippen LogP contribution in [0.2, 0.25) is 0 Å². The summed E-state index contributed by atoms with van der Waals surface area (Å²) in [5, 5.41) is 16.4. The molecular weight excluding hydrogens is 346 g/mol. The van der Waals surface area contributed by atoms with Crippen LogP contribution in [0.4, 0.5) is 0 Å². The Kier molecular flexibility index (Phi) is 4.07. The normalized spacial score (nSPS) is 14.7. The standard InChI is InChI=1S/C20H19N3O4/c1-21-19(26)17-18(25)16(24)10-23(22-17)12-20(6-7-20)15-4-2-3-13(9-15)14-5-8-27-11-14/h2-5,8-11,24H,6-7,12H2,1H3,(H,21,26). The van der Waals surface area contributed by atoms with E-state index in [1.54, 1.807) is 12.5 Å². The van der Waals surface area contributed by atoms with Crippen molar-refractivity contribution in [3.05, 3.63) is 70.5 Å². The second kappa shape index (κ2) is 6.42. The average molecular weight is 365 g/mol. The van der Waals surface area contributed by atoms with Gasteiger partial charge in [-0.25, -0.2) is 0 Å². The van der Waals surface area contributed by atoms with E-state index in [1.807, 2.05) is 18.2 Å². The van der Waals surface area contributed by atoms with Crippen LogP contribution in [0.5, 0.6) is 5.75 Å². The van der Waals surface area contributed by atoms with E-state index in [0.717, 1.165) is 29.5 Å². The molecule has 0 unspecified atom stereocenters. The van der Waals surface area contributed by atoms with E-state index in [0.29, 0.717) is 6.54 Å². The molecule has 4 rings (SSSR count). The van der Waals surface area contributed by atoms with E-state index in [4.69, 9.17) is 4.42 Å². The second-order valence-electron chi connectivity index (χ2n) is 6.84. The van der Waals surface area contributed by atoms with Gasteiger partial charge in [-0.1, -0.05) is 24.3 Å². The minimum Gasteiger partial charge on any atom is -0.503 e. The molecule has 7 nitrogen and oxygen atoms in total. The number of carbonyl (C=O) groups excluding carboxylic acids is 1. The topological polar surface area (TPSA) is 97.4 Å². The smallest absolute Gasteiger partial charge is 0.275 e. The van der Waals surface area contributed by atoms with Crippen LogP contribution in [0, 0.1) is 0 Å². The minimum absolute atomic E-state index is 0.131. The Labute approximate surface area is 155 Å². The number of aromatic hydroxyl groups is 1. The van der Waals surface area contributed by atoms with Crippen LogP contribution >= 0.6 is 0 Å². The van der Waals surface area contributed by atoms with Crippen LogP contribution in [0.15, 0.2) is 58.3 Å². The SMILES string of the molecule is CNC(=O)c1nn(CC2(c3cccc(-c4ccoc4)c3)CC2)cc(O)c1=O. The van der Waals surface area contributed by atoms with Crippen molar-refractivity contribution in [2.45, 2.75) is 24.8 Å². The molecule has 1 amide bonds. The van der Waals surface area contributed by atoms with Gasteiger partial charge in [0.1, 0.15) is 0 Å². The number of rotatable bonds is 5. The fourth-order valence-electron chi connectivity index (χ4n) is 3.33. The average Bonchev–Trinajstić information content (AvgIpc) is 3.25. The Morgan fingerprint density at radius 2 is 2.15 bits per heavy atom. The van der Waals surface area contributed by atoms with Gasteiger partial charge >= 0.3 is 0 Å². The number of hydrogen-bond donors (Lipinski definition) is 2. The number of nitrogens with one attached hydrogen (secondary N) is 1. The Morgan fingerprint density at radius 1 is 1.33 bits per heavy atom. The molecule has 0 radical (unpaired) electrons. The molecule has 2 heterocycles. The highest BCUT2D eigenvalue weighted by Crippen LogP contribution is 2.50. The summed E-state index contributed by atoms with van der Waals surface area (Å²) >= 11 is 0. The Balaban J connectivity index is 1.67. The number of nitrogens with zero attached hydrogens (tertiary/aromatic N) is 2. The zero-order valence-electron chi connectivity index (χ0n) is 14.8. The van der Waals surface area contributed by atoms with Crippen LogP contribution in [-0.4, -0.2) is 27.8 Å². The lowest BCUT2D eigenvalue weighted by Crippen LogP contribution is -2.30. The monoisotopic (exact) mass is 365 g/mol. The fraction of sp³-hybridized carbons (Fsp3) is 0.250. The third-order valence-electron chi connectivity index (χ3n) is 5.04. The molecule has 0 bridgehead atoms. The maximum Gasteiger partial charge on any atom is 0.275 e. The molecule has 138 valence electrons. The van der Waals surface area contributed by atoms with E-state index in [9.17, 15) is 14.7 Å². The molecule has 0 spiro atoms. The van der Waals surface area contributed by atoms with Gasteiger partial charge < -0.3 is 14.8 Å². The first-order chi connectivity index (χ1) is 13.0. The predicted molar refractivity (Wildman–Crippen MR) is 98.6 cm³/mol. The first kappa shape index (κ1) is 17.1. The largest absolute Gasteiger partial charge is 0.503 e. The second-order valence-corrected chi connectivity index (χ2v) is 6.84. The highest BCUT2D eigenvalue weighted by Gasteiger charge is 2.45. The highest BCUT2D eigenvalue weighted by molar-refractivity contribution is 5.92. The van der Waals surface area contributed by atoms with Gasteiger partial charge in [0.05, 0.1) is 25.3 Å². The maximum atomic E-state index is 12.0. The van der Waals surface area contributed by atoms with E-state index in [1.165, 1.54) is 17.9 Å². The molecule has 1 aliphatic rings. The molecule has 2 N–H and O–H groups in total. The molecule has 0 saturated heterocycles. The van der Waals surface area contributed by atoms with Crippen LogP contribution in [0.3, 0.4) is 0 Å². The molecule has 1 fully saturated rings. The van der Waals surface area contributed by atoms with Crippen LogP contribution in [0.25, 0.3) is 11.1 Å². The quantitative estimate of drug-likeness (QED) is 0.723. The van der Waals surface area contributed by atoms with Gasteiger partial charge in [-0.2, -0.15) is 5.10 Å². The lowest BCUT2D eigenvalue weighted by molar-refractivity contribution is 0.0953. The molecule has 27 heavy (non-hydrogen) atoms. The van der Waals surface area contributed by atoms with Crippen molar-refractivity contribution in [1.29, 1.82) is 0 Å². The van der Waals surface area contributed by atoms with Gasteiger partial charge in [-0.3, -0.25) is 14.3 Å². The molecular formula is C20H19N3O4. The summed E-state index contributed by atoms with van der Waals surface area (Å²) in [7, 11) is 1.42. The van der Waals surface area contributed by atoms with Gasteiger partial charge in [-0.15, -0.1) is 0 Å². The molecule has 3 aromatic rings. The Bertz CT molecular complexity index is 1050.